The zero-order valence-corrected chi connectivity index (χ0v) is 12.7. The summed E-state index contributed by atoms with van der Waals surface area (Å²) >= 11 is 0. The average molecular weight is 312 g/mol. The van der Waals surface area contributed by atoms with Crippen LogP contribution in [0.1, 0.15) is 24.4 Å². The standard InChI is InChI=1S/C16H17FN6/c1-12(18-10-7-13-3-5-14(17)6-4-13)15-21-11-22-23(15)16-19-8-2-9-20-16/h2-6,8-9,11-12,18H,7,10H2,1H3. The van der Waals surface area contributed by atoms with Crippen LogP contribution in [0.4, 0.5) is 4.39 Å². The minimum atomic E-state index is -0.217. The summed E-state index contributed by atoms with van der Waals surface area (Å²) in [5.74, 6) is 1.02. The van der Waals surface area contributed by atoms with Gasteiger partial charge in [-0.2, -0.15) is 9.78 Å². The van der Waals surface area contributed by atoms with Crippen molar-refractivity contribution in [3.05, 3.63) is 66.3 Å². The first-order valence-corrected chi connectivity index (χ1v) is 7.39. The lowest BCUT2D eigenvalue weighted by molar-refractivity contribution is 0.531. The molecule has 0 fully saturated rings. The summed E-state index contributed by atoms with van der Waals surface area (Å²) < 4.78 is 14.5. The molecule has 118 valence electrons. The first-order chi connectivity index (χ1) is 11.2. The maximum atomic E-state index is 12.9. The van der Waals surface area contributed by atoms with Crippen molar-refractivity contribution in [3.63, 3.8) is 0 Å². The lowest BCUT2D eigenvalue weighted by Crippen LogP contribution is -2.24. The van der Waals surface area contributed by atoms with Gasteiger partial charge in [-0.3, -0.25) is 0 Å². The Bertz CT molecular complexity index is 741. The molecule has 6 nitrogen and oxygen atoms in total. The maximum absolute atomic E-state index is 12.9. The van der Waals surface area contributed by atoms with E-state index in [2.05, 4.69) is 25.4 Å². The molecular formula is C16H17FN6. The Morgan fingerprint density at radius 2 is 1.87 bits per heavy atom. The first-order valence-electron chi connectivity index (χ1n) is 7.39. The van der Waals surface area contributed by atoms with Crippen LogP contribution in [-0.4, -0.2) is 31.3 Å². The zero-order chi connectivity index (χ0) is 16.1. The average Bonchev–Trinajstić information content (AvgIpc) is 3.07. The molecule has 3 aromatic rings. The van der Waals surface area contributed by atoms with E-state index in [0.29, 0.717) is 5.95 Å². The van der Waals surface area contributed by atoms with E-state index in [1.165, 1.54) is 18.5 Å². The van der Waals surface area contributed by atoms with E-state index in [-0.39, 0.29) is 11.9 Å². The Balaban J connectivity index is 1.62. The molecule has 0 aliphatic heterocycles. The summed E-state index contributed by atoms with van der Waals surface area (Å²) in [5.41, 5.74) is 1.08. The van der Waals surface area contributed by atoms with Gasteiger partial charge in [0.05, 0.1) is 6.04 Å². The van der Waals surface area contributed by atoms with Crippen molar-refractivity contribution in [3.8, 4) is 5.95 Å². The van der Waals surface area contributed by atoms with E-state index in [1.807, 2.05) is 6.92 Å². The number of nitrogens with zero attached hydrogens (tertiary/aromatic N) is 5. The van der Waals surface area contributed by atoms with Crippen LogP contribution in [0.2, 0.25) is 0 Å². The quantitative estimate of drug-likeness (QED) is 0.755. The second-order valence-corrected chi connectivity index (χ2v) is 5.13. The van der Waals surface area contributed by atoms with Crippen molar-refractivity contribution < 1.29 is 4.39 Å². The Hall–Kier alpha value is -2.67. The molecular weight excluding hydrogens is 295 g/mol. The molecule has 23 heavy (non-hydrogen) atoms. The molecule has 0 aliphatic rings. The monoisotopic (exact) mass is 312 g/mol. The molecule has 2 heterocycles. The molecule has 3 rings (SSSR count). The van der Waals surface area contributed by atoms with Gasteiger partial charge in [0.2, 0.25) is 0 Å². The van der Waals surface area contributed by atoms with Crippen LogP contribution in [0.5, 0.6) is 0 Å². The molecule has 0 radical (unpaired) electrons. The number of rotatable bonds is 6. The molecule has 0 saturated heterocycles. The van der Waals surface area contributed by atoms with Gasteiger partial charge in [-0.05, 0) is 43.7 Å². The van der Waals surface area contributed by atoms with Crippen LogP contribution in [0.3, 0.4) is 0 Å². The second kappa shape index (κ2) is 7.06. The lowest BCUT2D eigenvalue weighted by atomic mass is 10.1. The van der Waals surface area contributed by atoms with E-state index >= 15 is 0 Å². The highest BCUT2D eigenvalue weighted by Crippen LogP contribution is 2.11. The highest BCUT2D eigenvalue weighted by atomic mass is 19.1. The normalized spacial score (nSPS) is 12.3. The number of aromatic nitrogens is 5. The molecule has 1 unspecified atom stereocenters. The molecule has 0 amide bonds. The zero-order valence-electron chi connectivity index (χ0n) is 12.7. The molecule has 0 spiro atoms. The van der Waals surface area contributed by atoms with Gasteiger partial charge in [-0.15, -0.1) is 0 Å². The van der Waals surface area contributed by atoms with Crippen molar-refractivity contribution in [1.82, 2.24) is 30.0 Å². The first kappa shape index (κ1) is 15.2. The maximum Gasteiger partial charge on any atom is 0.252 e. The highest BCUT2D eigenvalue weighted by molar-refractivity contribution is 5.16. The van der Waals surface area contributed by atoms with Gasteiger partial charge in [-0.1, -0.05) is 12.1 Å². The van der Waals surface area contributed by atoms with Gasteiger partial charge < -0.3 is 5.32 Å². The fraction of sp³-hybridized carbons (Fsp3) is 0.250. The fourth-order valence-corrected chi connectivity index (χ4v) is 2.28. The van der Waals surface area contributed by atoms with Crippen LogP contribution in [-0.2, 0) is 6.42 Å². The predicted octanol–water partition coefficient (Wildman–Crippen LogP) is 2.09. The van der Waals surface area contributed by atoms with Crippen LogP contribution < -0.4 is 5.32 Å². The predicted molar refractivity (Wildman–Crippen MR) is 83.5 cm³/mol. The fourth-order valence-electron chi connectivity index (χ4n) is 2.28. The Morgan fingerprint density at radius 3 is 2.61 bits per heavy atom. The van der Waals surface area contributed by atoms with Gasteiger partial charge in [0, 0.05) is 12.4 Å². The van der Waals surface area contributed by atoms with Crippen molar-refractivity contribution in [2.24, 2.45) is 0 Å². The summed E-state index contributed by atoms with van der Waals surface area (Å²) in [7, 11) is 0. The Morgan fingerprint density at radius 1 is 1.13 bits per heavy atom. The van der Waals surface area contributed by atoms with Gasteiger partial charge in [0.25, 0.3) is 5.95 Å². The minimum Gasteiger partial charge on any atom is -0.307 e. The molecule has 7 heteroatoms. The Kier molecular flexibility index (Phi) is 4.68. The molecule has 2 aromatic heterocycles. The molecule has 1 atom stereocenters. The second-order valence-electron chi connectivity index (χ2n) is 5.13. The summed E-state index contributed by atoms with van der Waals surface area (Å²) in [6.07, 6.45) is 5.63. The smallest absolute Gasteiger partial charge is 0.252 e. The van der Waals surface area contributed by atoms with Crippen LogP contribution in [0.25, 0.3) is 5.95 Å². The summed E-state index contributed by atoms with van der Waals surface area (Å²) in [4.78, 5) is 12.7. The third-order valence-electron chi connectivity index (χ3n) is 3.48. The lowest BCUT2D eigenvalue weighted by Gasteiger charge is -2.13. The van der Waals surface area contributed by atoms with Crippen LogP contribution in [0.15, 0.2) is 49.1 Å². The molecule has 0 saturated carbocycles. The minimum absolute atomic E-state index is 0.0123. The van der Waals surface area contributed by atoms with E-state index < -0.39 is 0 Å². The van der Waals surface area contributed by atoms with Crippen molar-refractivity contribution in [2.45, 2.75) is 19.4 Å². The van der Waals surface area contributed by atoms with Crippen LogP contribution >= 0.6 is 0 Å². The van der Waals surface area contributed by atoms with Gasteiger partial charge in [0.15, 0.2) is 5.82 Å². The van der Waals surface area contributed by atoms with E-state index in [1.54, 1.807) is 35.3 Å². The summed E-state index contributed by atoms with van der Waals surface area (Å²) in [6, 6.07) is 8.28. The van der Waals surface area contributed by atoms with E-state index in [0.717, 1.165) is 24.4 Å². The van der Waals surface area contributed by atoms with Gasteiger partial charge >= 0.3 is 0 Å². The number of benzene rings is 1. The SMILES string of the molecule is CC(NCCc1ccc(F)cc1)c1ncnn1-c1ncccn1. The number of hydrogen-bond acceptors (Lipinski definition) is 5. The third kappa shape index (κ3) is 3.75. The molecule has 0 aliphatic carbocycles. The summed E-state index contributed by atoms with van der Waals surface area (Å²) in [5, 5.41) is 7.57. The number of nitrogens with one attached hydrogen (secondary N) is 1. The number of halogens is 1. The Labute approximate surface area is 133 Å². The van der Waals surface area contributed by atoms with Gasteiger partial charge in [0.1, 0.15) is 12.1 Å². The van der Waals surface area contributed by atoms with Crippen molar-refractivity contribution in [1.29, 1.82) is 0 Å². The van der Waals surface area contributed by atoms with Crippen LogP contribution in [0, 0.1) is 5.82 Å². The molecule has 1 N–H and O–H groups in total. The highest BCUT2D eigenvalue weighted by Gasteiger charge is 2.15. The largest absolute Gasteiger partial charge is 0.307 e. The van der Waals surface area contributed by atoms with E-state index in [4.69, 9.17) is 0 Å². The molecule has 1 aromatic carbocycles. The molecule has 0 bridgehead atoms. The van der Waals surface area contributed by atoms with E-state index in [9.17, 15) is 4.39 Å². The number of hydrogen-bond donors (Lipinski definition) is 1. The third-order valence-corrected chi connectivity index (χ3v) is 3.48. The van der Waals surface area contributed by atoms with Gasteiger partial charge in [-0.25, -0.2) is 19.3 Å². The summed E-state index contributed by atoms with van der Waals surface area (Å²) in [6.45, 7) is 2.75. The topological polar surface area (TPSA) is 68.5 Å². The van der Waals surface area contributed by atoms with Crippen molar-refractivity contribution in [2.75, 3.05) is 6.54 Å². The van der Waals surface area contributed by atoms with Crippen molar-refractivity contribution >= 4 is 0 Å².